The first-order chi connectivity index (χ1) is 10.2. The molecule has 1 unspecified atom stereocenters. The van der Waals surface area contributed by atoms with Gasteiger partial charge in [0.05, 0.1) is 7.11 Å². The summed E-state index contributed by atoms with van der Waals surface area (Å²) in [5, 5.41) is 4.44. The Hall–Kier alpha value is -0.730. The van der Waals surface area contributed by atoms with E-state index < -0.39 is 0 Å². The van der Waals surface area contributed by atoms with Crippen molar-refractivity contribution < 1.29 is 4.74 Å². The fourth-order valence-corrected chi connectivity index (χ4v) is 3.53. The van der Waals surface area contributed by atoms with E-state index in [0.29, 0.717) is 6.04 Å². The fourth-order valence-electron chi connectivity index (χ4n) is 3.37. The van der Waals surface area contributed by atoms with Crippen molar-refractivity contribution in [3.63, 3.8) is 0 Å². The summed E-state index contributed by atoms with van der Waals surface area (Å²) in [6.45, 7) is 3.26. The first-order valence-corrected chi connectivity index (χ1v) is 8.69. The van der Waals surface area contributed by atoms with Gasteiger partial charge in [0.1, 0.15) is 5.75 Å². The Labute approximate surface area is 134 Å². The van der Waals surface area contributed by atoms with E-state index in [1.54, 1.807) is 7.11 Å². The van der Waals surface area contributed by atoms with E-state index in [-0.39, 0.29) is 0 Å². The van der Waals surface area contributed by atoms with E-state index in [4.69, 9.17) is 16.3 Å². The summed E-state index contributed by atoms with van der Waals surface area (Å²) in [4.78, 5) is 0. The summed E-state index contributed by atoms with van der Waals surface area (Å²) in [6, 6.07) is 6.40. The molecule has 1 aliphatic rings. The van der Waals surface area contributed by atoms with Gasteiger partial charge in [-0.3, -0.25) is 0 Å². The number of nitrogens with one attached hydrogen (secondary N) is 1. The van der Waals surface area contributed by atoms with Crippen molar-refractivity contribution in [3.05, 3.63) is 28.8 Å². The van der Waals surface area contributed by atoms with Crippen LogP contribution >= 0.6 is 11.6 Å². The van der Waals surface area contributed by atoms with Gasteiger partial charge in [-0.25, -0.2) is 0 Å². The molecule has 0 spiro atoms. The third kappa shape index (κ3) is 4.89. The van der Waals surface area contributed by atoms with E-state index in [1.165, 1.54) is 44.1 Å². The average molecular weight is 310 g/mol. The lowest BCUT2D eigenvalue weighted by Crippen LogP contribution is -2.25. The second-order valence-electron chi connectivity index (χ2n) is 6.13. The number of methoxy groups -OCH3 is 1. The van der Waals surface area contributed by atoms with Crippen LogP contribution in [0, 0.1) is 5.92 Å². The molecular weight excluding hydrogens is 282 g/mol. The second-order valence-corrected chi connectivity index (χ2v) is 6.57. The third-order valence-corrected chi connectivity index (χ3v) is 4.74. The summed E-state index contributed by atoms with van der Waals surface area (Å²) in [7, 11) is 1.73. The first-order valence-electron chi connectivity index (χ1n) is 8.31. The predicted molar refractivity (Wildman–Crippen MR) is 90.2 cm³/mol. The van der Waals surface area contributed by atoms with Gasteiger partial charge < -0.3 is 10.1 Å². The molecule has 0 amide bonds. The van der Waals surface area contributed by atoms with Crippen LogP contribution in [0.4, 0.5) is 0 Å². The van der Waals surface area contributed by atoms with Gasteiger partial charge in [-0.1, -0.05) is 56.7 Å². The van der Waals surface area contributed by atoms with E-state index in [1.807, 2.05) is 12.1 Å². The molecule has 0 aliphatic heterocycles. The van der Waals surface area contributed by atoms with Crippen molar-refractivity contribution in [3.8, 4) is 5.75 Å². The average Bonchev–Trinajstić information content (AvgIpc) is 2.52. The fraction of sp³-hybridized carbons (Fsp3) is 0.667. The topological polar surface area (TPSA) is 21.3 Å². The van der Waals surface area contributed by atoms with Gasteiger partial charge in [0.15, 0.2) is 0 Å². The van der Waals surface area contributed by atoms with Crippen LogP contribution in [-0.2, 0) is 0 Å². The molecule has 0 heterocycles. The molecule has 0 aromatic heterocycles. The highest BCUT2D eigenvalue weighted by Gasteiger charge is 2.22. The first kappa shape index (κ1) is 16.6. The highest BCUT2D eigenvalue weighted by molar-refractivity contribution is 6.30. The van der Waals surface area contributed by atoms with Crippen LogP contribution in [0.3, 0.4) is 0 Å². The highest BCUT2D eigenvalue weighted by atomic mass is 35.5. The molecule has 0 bridgehead atoms. The Morgan fingerprint density at radius 1 is 1.29 bits per heavy atom. The lowest BCUT2D eigenvalue weighted by Gasteiger charge is -2.28. The normalized spacial score (nSPS) is 17.7. The minimum absolute atomic E-state index is 0.375. The highest BCUT2D eigenvalue weighted by Crippen LogP contribution is 2.36. The molecule has 1 aromatic rings. The summed E-state index contributed by atoms with van der Waals surface area (Å²) in [5.74, 6) is 1.75. The van der Waals surface area contributed by atoms with Gasteiger partial charge in [0.2, 0.25) is 0 Å². The molecule has 0 saturated heterocycles. The van der Waals surface area contributed by atoms with E-state index in [2.05, 4.69) is 18.3 Å². The molecule has 21 heavy (non-hydrogen) atoms. The maximum absolute atomic E-state index is 6.10. The summed E-state index contributed by atoms with van der Waals surface area (Å²) >= 11 is 6.10. The van der Waals surface area contributed by atoms with Crippen molar-refractivity contribution in [1.29, 1.82) is 0 Å². The molecule has 1 aliphatic carbocycles. The summed E-state index contributed by atoms with van der Waals surface area (Å²) in [6.07, 6.45) is 9.30. The van der Waals surface area contributed by atoms with Crippen LogP contribution in [0.15, 0.2) is 18.2 Å². The van der Waals surface area contributed by atoms with E-state index in [9.17, 15) is 0 Å². The zero-order valence-corrected chi connectivity index (χ0v) is 14.1. The summed E-state index contributed by atoms with van der Waals surface area (Å²) < 4.78 is 5.55. The predicted octanol–water partition coefficient (Wildman–Crippen LogP) is 5.36. The van der Waals surface area contributed by atoms with Crippen LogP contribution < -0.4 is 10.1 Å². The number of hydrogen-bond acceptors (Lipinski definition) is 2. The molecule has 3 heteroatoms. The van der Waals surface area contributed by atoms with Crippen molar-refractivity contribution >= 4 is 11.6 Å². The largest absolute Gasteiger partial charge is 0.496 e. The number of benzene rings is 1. The number of hydrogen-bond donors (Lipinski definition) is 1. The lowest BCUT2D eigenvalue weighted by molar-refractivity contribution is 0.295. The smallest absolute Gasteiger partial charge is 0.125 e. The molecule has 2 nitrogen and oxygen atoms in total. The van der Waals surface area contributed by atoms with Crippen molar-refractivity contribution in [1.82, 2.24) is 5.32 Å². The number of ether oxygens (including phenoxy) is 1. The molecular formula is C18H28ClNO. The Balaban J connectivity index is 2.13. The number of rotatable bonds is 7. The summed E-state index contributed by atoms with van der Waals surface area (Å²) in [5.41, 5.74) is 1.25. The minimum atomic E-state index is 0.375. The molecule has 118 valence electrons. The van der Waals surface area contributed by atoms with Gasteiger partial charge in [0.25, 0.3) is 0 Å². The SMILES string of the molecule is CCCNC(CC1CCCCC1)c1ccc(Cl)cc1OC. The molecule has 1 fully saturated rings. The Kier molecular flexibility index (Phi) is 6.85. The Morgan fingerprint density at radius 3 is 2.71 bits per heavy atom. The maximum atomic E-state index is 6.10. The zero-order valence-electron chi connectivity index (χ0n) is 13.3. The molecule has 0 radical (unpaired) electrons. The van der Waals surface area contributed by atoms with E-state index in [0.717, 1.165) is 29.7 Å². The Bertz CT molecular complexity index is 429. The van der Waals surface area contributed by atoms with Gasteiger partial charge in [-0.2, -0.15) is 0 Å². The van der Waals surface area contributed by atoms with Gasteiger partial charge in [-0.15, -0.1) is 0 Å². The molecule has 1 saturated carbocycles. The third-order valence-electron chi connectivity index (χ3n) is 4.51. The van der Waals surface area contributed by atoms with Crippen LogP contribution in [0.1, 0.15) is 63.5 Å². The molecule has 1 N–H and O–H groups in total. The van der Waals surface area contributed by atoms with Crippen molar-refractivity contribution in [2.24, 2.45) is 5.92 Å². The van der Waals surface area contributed by atoms with Crippen LogP contribution in [0.5, 0.6) is 5.75 Å². The van der Waals surface area contributed by atoms with Crippen molar-refractivity contribution in [2.45, 2.75) is 57.9 Å². The molecule has 1 atom stereocenters. The van der Waals surface area contributed by atoms with E-state index >= 15 is 0 Å². The van der Waals surface area contributed by atoms with Crippen LogP contribution in [0.25, 0.3) is 0 Å². The monoisotopic (exact) mass is 309 g/mol. The van der Waals surface area contributed by atoms with Crippen LogP contribution in [0.2, 0.25) is 5.02 Å². The van der Waals surface area contributed by atoms with Crippen LogP contribution in [-0.4, -0.2) is 13.7 Å². The minimum Gasteiger partial charge on any atom is -0.496 e. The van der Waals surface area contributed by atoms with Crippen molar-refractivity contribution in [2.75, 3.05) is 13.7 Å². The molecule has 1 aromatic carbocycles. The quantitative estimate of drug-likeness (QED) is 0.732. The van der Waals surface area contributed by atoms with Gasteiger partial charge in [-0.05, 0) is 37.4 Å². The maximum Gasteiger partial charge on any atom is 0.125 e. The number of halogens is 1. The van der Waals surface area contributed by atoms with Gasteiger partial charge in [0, 0.05) is 16.6 Å². The second kappa shape index (κ2) is 8.65. The standard InChI is InChI=1S/C18H28ClNO/c1-3-11-20-17(12-14-7-5-4-6-8-14)16-10-9-15(19)13-18(16)21-2/h9-10,13-14,17,20H,3-8,11-12H2,1-2H3. The molecule has 2 rings (SSSR count). The zero-order chi connectivity index (χ0) is 15.1. The lowest BCUT2D eigenvalue weighted by atomic mass is 9.83. The Morgan fingerprint density at radius 2 is 2.05 bits per heavy atom. The van der Waals surface area contributed by atoms with Gasteiger partial charge >= 0.3 is 0 Å².